The van der Waals surface area contributed by atoms with Gasteiger partial charge in [-0.3, -0.25) is 4.79 Å². The lowest BCUT2D eigenvalue weighted by Crippen LogP contribution is -2.38. The van der Waals surface area contributed by atoms with E-state index in [1.165, 1.54) is 17.8 Å². The summed E-state index contributed by atoms with van der Waals surface area (Å²) < 4.78 is 5.41. The molecule has 0 N–H and O–H groups in total. The molecular formula is C27H26ClN3O3S. The second-order valence-corrected chi connectivity index (χ2v) is 9.52. The summed E-state index contributed by atoms with van der Waals surface area (Å²) in [5.74, 6) is -0.493. The minimum absolute atomic E-state index is 0.0288. The number of amides is 1. The van der Waals surface area contributed by atoms with E-state index in [-0.39, 0.29) is 18.9 Å². The number of ether oxygens (including phenoxy) is 1. The average Bonchev–Trinajstić information content (AvgIpc) is 3.24. The Balaban J connectivity index is 1.63. The molecule has 0 spiro atoms. The number of carbonyl (C=O) groups excluding carboxylic acids is 2. The van der Waals surface area contributed by atoms with Gasteiger partial charge in [-0.2, -0.15) is 0 Å². The molecule has 0 aromatic heterocycles. The number of thioether (sulfide) groups is 1. The van der Waals surface area contributed by atoms with Crippen LogP contribution in [0.4, 0.5) is 0 Å². The molecule has 2 heterocycles. The highest BCUT2D eigenvalue weighted by Crippen LogP contribution is 2.45. The summed E-state index contributed by atoms with van der Waals surface area (Å²) in [5.41, 5.74) is 3.70. The van der Waals surface area contributed by atoms with Crippen LogP contribution in [-0.4, -0.2) is 40.5 Å². The van der Waals surface area contributed by atoms with E-state index < -0.39 is 12.0 Å². The molecule has 8 heteroatoms. The third kappa shape index (κ3) is 5.52. The van der Waals surface area contributed by atoms with Crippen LogP contribution in [-0.2, 0) is 20.9 Å². The van der Waals surface area contributed by atoms with Gasteiger partial charge in [0.25, 0.3) is 0 Å². The highest BCUT2D eigenvalue weighted by Gasteiger charge is 2.41. The van der Waals surface area contributed by atoms with Crippen molar-refractivity contribution < 1.29 is 14.3 Å². The van der Waals surface area contributed by atoms with Gasteiger partial charge in [-0.25, -0.2) is 9.79 Å². The van der Waals surface area contributed by atoms with Gasteiger partial charge >= 0.3 is 5.97 Å². The van der Waals surface area contributed by atoms with Crippen LogP contribution < -0.4 is 0 Å². The average molecular weight is 508 g/mol. The summed E-state index contributed by atoms with van der Waals surface area (Å²) in [5, 5.41) is 3.25. The van der Waals surface area contributed by atoms with Crippen LogP contribution in [0.15, 0.2) is 94.6 Å². The first-order valence-corrected chi connectivity index (χ1v) is 12.4. The topological polar surface area (TPSA) is 62.2 Å². The highest BCUT2D eigenvalue weighted by molar-refractivity contribution is 8.16. The van der Waals surface area contributed by atoms with E-state index in [1.807, 2.05) is 52.8 Å². The molecule has 35 heavy (non-hydrogen) atoms. The van der Waals surface area contributed by atoms with Gasteiger partial charge in [-0.05, 0) is 35.6 Å². The van der Waals surface area contributed by atoms with E-state index in [4.69, 9.17) is 16.3 Å². The Labute approximate surface area is 214 Å². The predicted octanol–water partition coefficient (Wildman–Crippen LogP) is 5.69. The van der Waals surface area contributed by atoms with Gasteiger partial charge in [0, 0.05) is 24.3 Å². The Bertz CT molecular complexity index is 1220. The Hall–Kier alpha value is -3.29. The fourth-order valence-corrected chi connectivity index (χ4v) is 5.13. The van der Waals surface area contributed by atoms with Crippen LogP contribution >= 0.6 is 23.4 Å². The number of rotatable bonds is 8. The van der Waals surface area contributed by atoms with Crippen molar-refractivity contribution in [3.05, 3.63) is 106 Å². The maximum atomic E-state index is 13.2. The van der Waals surface area contributed by atoms with E-state index in [9.17, 15) is 9.59 Å². The lowest BCUT2D eigenvalue weighted by Gasteiger charge is -2.36. The molecule has 180 valence electrons. The number of benzene rings is 2. The summed E-state index contributed by atoms with van der Waals surface area (Å²) in [7, 11) is 1.79. The molecule has 0 saturated carbocycles. The molecule has 0 radical (unpaired) electrons. The lowest BCUT2D eigenvalue weighted by molar-refractivity contribution is -0.138. The zero-order chi connectivity index (χ0) is 24.9. The van der Waals surface area contributed by atoms with Crippen molar-refractivity contribution in [2.75, 3.05) is 13.7 Å². The normalized spacial score (nSPS) is 16.9. The molecule has 2 aromatic carbocycles. The van der Waals surface area contributed by atoms with Crippen LogP contribution in [0, 0.1) is 0 Å². The zero-order valence-electron chi connectivity index (χ0n) is 19.6. The van der Waals surface area contributed by atoms with Crippen molar-refractivity contribution in [1.29, 1.82) is 0 Å². The van der Waals surface area contributed by atoms with Gasteiger partial charge < -0.3 is 14.5 Å². The number of allylic oxidation sites excluding steroid dienone is 1. The smallest absolute Gasteiger partial charge is 0.338 e. The lowest BCUT2D eigenvalue weighted by atomic mass is 9.94. The summed E-state index contributed by atoms with van der Waals surface area (Å²) in [6.45, 7) is 6.04. The van der Waals surface area contributed by atoms with Crippen molar-refractivity contribution in [1.82, 2.24) is 9.80 Å². The molecule has 2 aliphatic heterocycles. The predicted molar refractivity (Wildman–Crippen MR) is 141 cm³/mol. The minimum atomic E-state index is -0.495. The van der Waals surface area contributed by atoms with Crippen LogP contribution in [0.25, 0.3) is 0 Å². The fourth-order valence-electron chi connectivity index (χ4n) is 4.04. The number of hydrogen-bond acceptors (Lipinski definition) is 6. The van der Waals surface area contributed by atoms with E-state index in [2.05, 4.69) is 11.6 Å². The summed E-state index contributed by atoms with van der Waals surface area (Å²) in [6.07, 6.45) is 1.70. The fraction of sp³-hybridized carbons (Fsp3) is 0.222. The number of amidine groups is 1. The molecule has 2 aliphatic rings. The summed E-state index contributed by atoms with van der Waals surface area (Å²) >= 11 is 7.58. The Kier molecular flexibility index (Phi) is 7.78. The van der Waals surface area contributed by atoms with Crippen molar-refractivity contribution in [3.8, 4) is 0 Å². The second kappa shape index (κ2) is 11.0. The van der Waals surface area contributed by atoms with Crippen LogP contribution in [0.1, 0.15) is 30.5 Å². The van der Waals surface area contributed by atoms with Crippen molar-refractivity contribution in [3.63, 3.8) is 0 Å². The number of nitrogens with zero attached hydrogens (tertiary/aromatic N) is 3. The van der Waals surface area contributed by atoms with E-state index in [0.717, 1.165) is 22.0 Å². The third-order valence-electron chi connectivity index (χ3n) is 5.76. The second-order valence-electron chi connectivity index (χ2n) is 8.24. The van der Waals surface area contributed by atoms with Gasteiger partial charge in [0.15, 0.2) is 5.17 Å². The molecule has 0 saturated heterocycles. The largest absolute Gasteiger partial charge is 0.458 e. The SMILES string of the molecule is C=CCOC(=O)C1=C(C)N=C2SC=C(CC(=O)N(C)Cc3ccccc3)N2[C@@H]1c1ccc(Cl)cc1. The number of fused-ring (bicyclic) bond motifs is 1. The van der Waals surface area contributed by atoms with Gasteiger partial charge in [0.05, 0.1) is 23.7 Å². The van der Waals surface area contributed by atoms with Crippen LogP contribution in [0.2, 0.25) is 5.02 Å². The van der Waals surface area contributed by atoms with Crippen LogP contribution in [0.5, 0.6) is 0 Å². The van der Waals surface area contributed by atoms with Crippen molar-refractivity contribution in [2.45, 2.75) is 25.9 Å². The molecule has 0 aliphatic carbocycles. The Morgan fingerprint density at radius 3 is 2.60 bits per heavy atom. The monoisotopic (exact) mass is 507 g/mol. The first kappa shape index (κ1) is 24.8. The molecule has 0 fully saturated rings. The number of halogens is 1. The van der Waals surface area contributed by atoms with Gasteiger partial charge in [-0.15, -0.1) is 0 Å². The Morgan fingerprint density at radius 2 is 1.91 bits per heavy atom. The summed E-state index contributed by atoms with van der Waals surface area (Å²) in [6, 6.07) is 16.7. The van der Waals surface area contributed by atoms with Crippen molar-refractivity contribution in [2.24, 2.45) is 4.99 Å². The molecule has 2 aromatic rings. The maximum Gasteiger partial charge on any atom is 0.338 e. The number of hydrogen-bond donors (Lipinski definition) is 0. The molecule has 1 amide bonds. The first-order chi connectivity index (χ1) is 16.9. The molecule has 1 atom stereocenters. The standard InChI is InChI=1S/C27H26ClN3O3S/c1-4-14-34-26(33)24-18(2)29-27-31(25(24)20-10-12-21(28)13-11-20)22(17-35-27)15-23(32)30(3)16-19-8-6-5-7-9-19/h4-13,17,25H,1,14-16H2,2-3H3/t25-/m1/s1. The molecule has 4 rings (SSSR count). The highest BCUT2D eigenvalue weighted by atomic mass is 35.5. The summed E-state index contributed by atoms with van der Waals surface area (Å²) in [4.78, 5) is 34.6. The molecule has 6 nitrogen and oxygen atoms in total. The quantitative estimate of drug-likeness (QED) is 0.339. The Morgan fingerprint density at radius 1 is 1.20 bits per heavy atom. The molecular weight excluding hydrogens is 482 g/mol. The van der Waals surface area contributed by atoms with E-state index in [0.29, 0.717) is 22.8 Å². The van der Waals surface area contributed by atoms with Gasteiger partial charge in [0.2, 0.25) is 5.91 Å². The van der Waals surface area contributed by atoms with E-state index in [1.54, 1.807) is 31.0 Å². The van der Waals surface area contributed by atoms with Crippen molar-refractivity contribution >= 4 is 40.4 Å². The van der Waals surface area contributed by atoms with Gasteiger partial charge in [-0.1, -0.05) is 78.5 Å². The molecule has 0 unspecified atom stereocenters. The number of carbonyl (C=O) groups is 2. The number of aliphatic imine (C=N–C) groups is 1. The maximum absolute atomic E-state index is 13.2. The number of esters is 1. The van der Waals surface area contributed by atoms with Gasteiger partial charge in [0.1, 0.15) is 6.61 Å². The van der Waals surface area contributed by atoms with Crippen LogP contribution in [0.3, 0.4) is 0 Å². The van der Waals surface area contributed by atoms with E-state index >= 15 is 0 Å². The zero-order valence-corrected chi connectivity index (χ0v) is 21.2. The first-order valence-electron chi connectivity index (χ1n) is 11.1. The third-order valence-corrected chi connectivity index (χ3v) is 6.90. The minimum Gasteiger partial charge on any atom is -0.458 e. The molecule has 0 bridgehead atoms.